The molecule has 1 aliphatic heterocycles. The summed E-state index contributed by atoms with van der Waals surface area (Å²) in [5, 5.41) is 3.09. The topological polar surface area (TPSA) is 76.6 Å². The Morgan fingerprint density at radius 2 is 1.93 bits per heavy atom. The summed E-state index contributed by atoms with van der Waals surface area (Å²) in [7, 11) is 1.63. The molecule has 1 amide bonds. The van der Waals surface area contributed by atoms with Crippen molar-refractivity contribution in [3.63, 3.8) is 0 Å². The third-order valence-electron chi connectivity index (χ3n) is 4.56. The molecule has 1 unspecified atom stereocenters. The number of nitrogens with zero attached hydrogens (tertiary/aromatic N) is 3. The predicted octanol–water partition coefficient (Wildman–Crippen LogP) is 2.85. The Bertz CT molecular complexity index is 734. The molecule has 1 aromatic heterocycles. The zero-order valence-electron chi connectivity index (χ0n) is 15.9. The molecule has 0 spiro atoms. The van der Waals surface area contributed by atoms with Crippen LogP contribution in [0.25, 0.3) is 0 Å². The number of hydrogen-bond acceptors (Lipinski definition) is 6. The second kappa shape index (κ2) is 9.21. The molecule has 7 nitrogen and oxygen atoms in total. The molecule has 2 aromatic rings. The Kier molecular flexibility index (Phi) is 6.46. The summed E-state index contributed by atoms with van der Waals surface area (Å²) in [6.45, 7) is 4.83. The lowest BCUT2D eigenvalue weighted by atomic mass is 10.00. The third kappa shape index (κ3) is 5.32. The quantitative estimate of drug-likeness (QED) is 0.755. The van der Waals surface area contributed by atoms with Crippen molar-refractivity contribution < 1.29 is 14.3 Å². The van der Waals surface area contributed by atoms with Crippen LogP contribution in [-0.2, 0) is 0 Å². The van der Waals surface area contributed by atoms with Gasteiger partial charge in [0.2, 0.25) is 5.95 Å². The zero-order chi connectivity index (χ0) is 19.1. The summed E-state index contributed by atoms with van der Waals surface area (Å²) in [4.78, 5) is 22.9. The molecule has 144 valence electrons. The molecule has 1 fully saturated rings. The highest BCUT2D eigenvalue weighted by Crippen LogP contribution is 2.18. The first kappa shape index (κ1) is 18.9. The average Bonchev–Trinajstić information content (AvgIpc) is 2.71. The van der Waals surface area contributed by atoms with Gasteiger partial charge in [0.15, 0.2) is 0 Å². The number of carbonyl (C=O) groups is 1. The molecule has 0 radical (unpaired) electrons. The molecular weight excluding hydrogens is 344 g/mol. The van der Waals surface area contributed by atoms with Gasteiger partial charge in [-0.25, -0.2) is 9.97 Å². The fourth-order valence-electron chi connectivity index (χ4n) is 3.09. The smallest absolute Gasteiger partial charge is 0.257 e. The lowest BCUT2D eigenvalue weighted by molar-refractivity contribution is 0.0682. The van der Waals surface area contributed by atoms with Crippen LogP contribution in [0.15, 0.2) is 36.7 Å². The van der Waals surface area contributed by atoms with E-state index >= 15 is 0 Å². The summed E-state index contributed by atoms with van der Waals surface area (Å²) >= 11 is 0. The van der Waals surface area contributed by atoms with Crippen molar-refractivity contribution in [3.05, 3.63) is 42.2 Å². The molecule has 0 aliphatic carbocycles. The maximum atomic E-state index is 12.5. The van der Waals surface area contributed by atoms with Crippen molar-refractivity contribution in [1.29, 1.82) is 0 Å². The van der Waals surface area contributed by atoms with E-state index in [0.717, 1.165) is 31.0 Å². The van der Waals surface area contributed by atoms with Gasteiger partial charge in [0.25, 0.3) is 5.91 Å². The molecule has 1 aromatic carbocycles. The number of piperidine rings is 1. The van der Waals surface area contributed by atoms with E-state index < -0.39 is 0 Å². The van der Waals surface area contributed by atoms with Crippen LogP contribution in [0.4, 0.5) is 5.95 Å². The van der Waals surface area contributed by atoms with E-state index in [1.54, 1.807) is 19.5 Å². The number of benzene rings is 1. The van der Waals surface area contributed by atoms with E-state index in [4.69, 9.17) is 9.47 Å². The van der Waals surface area contributed by atoms with E-state index in [2.05, 4.69) is 22.2 Å². The Morgan fingerprint density at radius 1 is 1.22 bits per heavy atom. The Hall–Kier alpha value is -2.83. The monoisotopic (exact) mass is 370 g/mol. The van der Waals surface area contributed by atoms with Crippen LogP contribution in [0, 0.1) is 5.92 Å². The standard InChI is InChI=1S/C20H26N4O3/c1-15-4-3-10-24(14-15)19(25)16-12-22-20(23-13-16)21-9-11-27-18-7-5-17(26-2)6-8-18/h5-8,12-13,15H,3-4,9-11,14H2,1-2H3,(H,21,22,23). The molecule has 0 saturated carbocycles. The Labute approximate surface area is 159 Å². The minimum Gasteiger partial charge on any atom is -0.497 e. The second-order valence-electron chi connectivity index (χ2n) is 6.74. The molecule has 1 aliphatic rings. The number of methoxy groups -OCH3 is 1. The number of ether oxygens (including phenoxy) is 2. The molecule has 0 bridgehead atoms. The zero-order valence-corrected chi connectivity index (χ0v) is 15.9. The van der Waals surface area contributed by atoms with Crippen molar-refractivity contribution in [1.82, 2.24) is 14.9 Å². The normalized spacial score (nSPS) is 16.7. The lowest BCUT2D eigenvalue weighted by Gasteiger charge is -2.30. The van der Waals surface area contributed by atoms with Crippen LogP contribution in [0.3, 0.4) is 0 Å². The number of carbonyl (C=O) groups excluding carboxylic acids is 1. The first-order valence-electron chi connectivity index (χ1n) is 9.28. The van der Waals surface area contributed by atoms with Gasteiger partial charge in [0.05, 0.1) is 19.2 Å². The lowest BCUT2D eigenvalue weighted by Crippen LogP contribution is -2.39. The highest BCUT2D eigenvalue weighted by Gasteiger charge is 2.22. The number of amides is 1. The van der Waals surface area contributed by atoms with Crippen molar-refractivity contribution in [2.45, 2.75) is 19.8 Å². The predicted molar refractivity (Wildman–Crippen MR) is 103 cm³/mol. The molecule has 7 heteroatoms. The van der Waals surface area contributed by atoms with Gasteiger partial charge in [-0.05, 0) is 43.0 Å². The number of nitrogens with one attached hydrogen (secondary N) is 1. The van der Waals surface area contributed by atoms with Gasteiger partial charge in [-0.3, -0.25) is 4.79 Å². The van der Waals surface area contributed by atoms with Gasteiger partial charge in [0, 0.05) is 25.5 Å². The van der Waals surface area contributed by atoms with Crippen molar-refractivity contribution >= 4 is 11.9 Å². The van der Waals surface area contributed by atoms with E-state index in [0.29, 0.717) is 30.6 Å². The Balaban J connectivity index is 1.44. The summed E-state index contributed by atoms with van der Waals surface area (Å²) in [5.74, 6) is 2.61. The summed E-state index contributed by atoms with van der Waals surface area (Å²) in [6, 6.07) is 7.42. The number of likely N-dealkylation sites (tertiary alicyclic amines) is 1. The van der Waals surface area contributed by atoms with Crippen LogP contribution >= 0.6 is 0 Å². The molecule has 3 rings (SSSR count). The maximum Gasteiger partial charge on any atom is 0.257 e. The molecule has 1 N–H and O–H groups in total. The van der Waals surface area contributed by atoms with Crippen LogP contribution in [0.5, 0.6) is 11.5 Å². The number of rotatable bonds is 7. The van der Waals surface area contributed by atoms with Crippen LogP contribution in [0.2, 0.25) is 0 Å². The minimum atomic E-state index is 0.0101. The van der Waals surface area contributed by atoms with E-state index in [-0.39, 0.29) is 5.91 Å². The van der Waals surface area contributed by atoms with Gasteiger partial charge < -0.3 is 19.7 Å². The average molecular weight is 370 g/mol. The SMILES string of the molecule is COc1ccc(OCCNc2ncc(C(=O)N3CCCC(C)C3)cn2)cc1. The van der Waals surface area contributed by atoms with Crippen molar-refractivity contribution in [2.24, 2.45) is 5.92 Å². The first-order valence-corrected chi connectivity index (χ1v) is 9.28. The minimum absolute atomic E-state index is 0.0101. The highest BCUT2D eigenvalue weighted by atomic mass is 16.5. The van der Waals surface area contributed by atoms with E-state index in [1.165, 1.54) is 6.42 Å². The number of hydrogen-bond donors (Lipinski definition) is 1. The van der Waals surface area contributed by atoms with E-state index in [1.807, 2.05) is 29.2 Å². The van der Waals surface area contributed by atoms with E-state index in [9.17, 15) is 4.79 Å². The van der Waals surface area contributed by atoms with Crippen LogP contribution in [-0.4, -0.2) is 54.1 Å². The van der Waals surface area contributed by atoms with Gasteiger partial charge in [-0.2, -0.15) is 0 Å². The second-order valence-corrected chi connectivity index (χ2v) is 6.74. The molecule has 2 heterocycles. The summed E-state index contributed by atoms with van der Waals surface area (Å²) < 4.78 is 10.8. The number of anilines is 1. The first-order chi connectivity index (χ1) is 13.2. The molecule has 1 atom stereocenters. The summed E-state index contributed by atoms with van der Waals surface area (Å²) in [5.41, 5.74) is 0.532. The van der Waals surface area contributed by atoms with Crippen LogP contribution < -0.4 is 14.8 Å². The molecule has 27 heavy (non-hydrogen) atoms. The van der Waals surface area contributed by atoms with Gasteiger partial charge >= 0.3 is 0 Å². The Morgan fingerprint density at radius 3 is 2.59 bits per heavy atom. The highest BCUT2D eigenvalue weighted by molar-refractivity contribution is 5.93. The van der Waals surface area contributed by atoms with Gasteiger partial charge in [-0.15, -0.1) is 0 Å². The fraction of sp³-hybridized carbons (Fsp3) is 0.450. The van der Waals surface area contributed by atoms with Gasteiger partial charge in [0.1, 0.15) is 18.1 Å². The summed E-state index contributed by atoms with van der Waals surface area (Å²) in [6.07, 6.45) is 5.41. The van der Waals surface area contributed by atoms with Crippen molar-refractivity contribution in [3.8, 4) is 11.5 Å². The fourth-order valence-corrected chi connectivity index (χ4v) is 3.09. The third-order valence-corrected chi connectivity index (χ3v) is 4.56. The van der Waals surface area contributed by atoms with Crippen LogP contribution in [0.1, 0.15) is 30.1 Å². The molecular formula is C20H26N4O3. The van der Waals surface area contributed by atoms with Crippen molar-refractivity contribution in [2.75, 3.05) is 38.7 Å². The largest absolute Gasteiger partial charge is 0.497 e. The van der Waals surface area contributed by atoms with Gasteiger partial charge in [-0.1, -0.05) is 6.92 Å². The number of aromatic nitrogens is 2. The molecule has 1 saturated heterocycles. The maximum absolute atomic E-state index is 12.5.